The lowest BCUT2D eigenvalue weighted by Gasteiger charge is -2.07. The number of ether oxygens (including phenoxy) is 1. The molecule has 0 radical (unpaired) electrons. The summed E-state index contributed by atoms with van der Waals surface area (Å²) in [5, 5.41) is 4.76. The van der Waals surface area contributed by atoms with Crippen molar-refractivity contribution >= 4 is 17.6 Å². The van der Waals surface area contributed by atoms with Gasteiger partial charge < -0.3 is 4.74 Å². The molecule has 0 atom stereocenters. The van der Waals surface area contributed by atoms with E-state index in [1.807, 2.05) is 30.3 Å². The average Bonchev–Trinajstić information content (AvgIpc) is 3.02. The Morgan fingerprint density at radius 1 is 1.22 bits per heavy atom. The summed E-state index contributed by atoms with van der Waals surface area (Å²) in [7, 11) is 0. The third-order valence-electron chi connectivity index (χ3n) is 3.22. The van der Waals surface area contributed by atoms with E-state index in [4.69, 9.17) is 16.3 Å². The van der Waals surface area contributed by atoms with E-state index in [1.54, 1.807) is 36.0 Å². The smallest absolute Gasteiger partial charge is 0.358 e. The number of carbonyl (C=O) groups is 1. The monoisotopic (exact) mass is 327 g/mol. The maximum absolute atomic E-state index is 12.0. The molecule has 23 heavy (non-hydrogen) atoms. The highest BCUT2D eigenvalue weighted by Gasteiger charge is 2.17. The number of halogens is 1. The van der Waals surface area contributed by atoms with Crippen LogP contribution in [-0.2, 0) is 4.74 Å². The van der Waals surface area contributed by atoms with E-state index >= 15 is 0 Å². The summed E-state index contributed by atoms with van der Waals surface area (Å²) in [5.41, 5.74) is 2.67. The zero-order chi connectivity index (χ0) is 16.2. The number of rotatable bonds is 4. The summed E-state index contributed by atoms with van der Waals surface area (Å²) >= 11 is 5.84. The Balaban J connectivity index is 2.12. The van der Waals surface area contributed by atoms with Gasteiger partial charge in [0.05, 0.1) is 24.2 Å². The number of carbonyl (C=O) groups excluding carboxylic acids is 1. The average molecular weight is 328 g/mol. The fourth-order valence-electron chi connectivity index (χ4n) is 2.19. The van der Waals surface area contributed by atoms with Crippen molar-refractivity contribution in [1.29, 1.82) is 0 Å². The van der Waals surface area contributed by atoms with E-state index < -0.39 is 5.97 Å². The van der Waals surface area contributed by atoms with Crippen LogP contribution in [-0.4, -0.2) is 27.3 Å². The van der Waals surface area contributed by atoms with Crippen molar-refractivity contribution in [3.8, 4) is 16.9 Å². The maximum atomic E-state index is 12.0. The zero-order valence-corrected chi connectivity index (χ0v) is 13.2. The standard InChI is InChI=1S/C17H14ClN3O2/c1-2-23-17(22)14-10-15(12-6-4-3-5-7-12)21(20-14)13-8-9-16(18)19-11-13/h3-11H,2H2,1H3. The highest BCUT2D eigenvalue weighted by Crippen LogP contribution is 2.24. The molecule has 0 amide bonds. The van der Waals surface area contributed by atoms with Gasteiger partial charge in [-0.15, -0.1) is 0 Å². The SMILES string of the molecule is CCOC(=O)c1cc(-c2ccccc2)n(-c2ccc(Cl)nc2)n1. The minimum atomic E-state index is -0.453. The number of hydrogen-bond acceptors (Lipinski definition) is 4. The molecule has 2 aromatic heterocycles. The van der Waals surface area contributed by atoms with Crippen LogP contribution in [0.1, 0.15) is 17.4 Å². The van der Waals surface area contributed by atoms with Crippen molar-refractivity contribution in [2.24, 2.45) is 0 Å². The van der Waals surface area contributed by atoms with Crippen LogP contribution < -0.4 is 0 Å². The molecular formula is C17H14ClN3O2. The van der Waals surface area contributed by atoms with Gasteiger partial charge in [-0.2, -0.15) is 5.10 Å². The highest BCUT2D eigenvalue weighted by atomic mass is 35.5. The molecule has 116 valence electrons. The summed E-state index contributed by atoms with van der Waals surface area (Å²) in [4.78, 5) is 16.1. The molecule has 3 rings (SSSR count). The van der Waals surface area contributed by atoms with Crippen LogP contribution in [0.4, 0.5) is 0 Å². The largest absolute Gasteiger partial charge is 0.461 e. The van der Waals surface area contributed by atoms with E-state index in [9.17, 15) is 4.79 Å². The van der Waals surface area contributed by atoms with Crippen LogP contribution in [0, 0.1) is 0 Å². The quantitative estimate of drug-likeness (QED) is 0.540. The molecule has 2 heterocycles. The van der Waals surface area contributed by atoms with Crippen LogP contribution in [0.2, 0.25) is 5.15 Å². The molecule has 0 aliphatic heterocycles. The van der Waals surface area contributed by atoms with E-state index in [0.29, 0.717) is 17.4 Å². The molecular weight excluding hydrogens is 314 g/mol. The number of nitrogens with zero attached hydrogens (tertiary/aromatic N) is 3. The van der Waals surface area contributed by atoms with Crippen molar-refractivity contribution in [2.45, 2.75) is 6.92 Å². The van der Waals surface area contributed by atoms with Crippen molar-refractivity contribution in [3.05, 3.63) is 65.6 Å². The van der Waals surface area contributed by atoms with Crippen LogP contribution in [0.25, 0.3) is 16.9 Å². The molecule has 0 spiro atoms. The number of hydrogen-bond donors (Lipinski definition) is 0. The molecule has 0 bridgehead atoms. The van der Waals surface area contributed by atoms with Crippen LogP contribution in [0.3, 0.4) is 0 Å². The number of pyridine rings is 1. The predicted octanol–water partition coefficient (Wildman–Crippen LogP) is 3.76. The van der Waals surface area contributed by atoms with Gasteiger partial charge in [0.25, 0.3) is 0 Å². The summed E-state index contributed by atoms with van der Waals surface area (Å²) in [6, 6.07) is 14.9. The molecule has 6 heteroatoms. The Hall–Kier alpha value is -2.66. The van der Waals surface area contributed by atoms with E-state index in [1.165, 1.54) is 0 Å². The fourth-order valence-corrected chi connectivity index (χ4v) is 2.30. The third-order valence-corrected chi connectivity index (χ3v) is 3.44. The van der Waals surface area contributed by atoms with Gasteiger partial charge in [0.2, 0.25) is 0 Å². The molecule has 0 aliphatic rings. The van der Waals surface area contributed by atoms with E-state index in [2.05, 4.69) is 10.1 Å². The summed E-state index contributed by atoms with van der Waals surface area (Å²) in [6.07, 6.45) is 1.61. The molecule has 0 aliphatic carbocycles. The van der Waals surface area contributed by atoms with Gasteiger partial charge >= 0.3 is 5.97 Å². The lowest BCUT2D eigenvalue weighted by molar-refractivity contribution is 0.0519. The molecule has 3 aromatic rings. The third kappa shape index (κ3) is 3.24. The van der Waals surface area contributed by atoms with Gasteiger partial charge in [0.1, 0.15) is 5.15 Å². The first-order valence-corrected chi connectivity index (χ1v) is 7.51. The lowest BCUT2D eigenvalue weighted by atomic mass is 10.1. The Morgan fingerprint density at radius 3 is 2.65 bits per heavy atom. The number of esters is 1. The first-order chi connectivity index (χ1) is 11.2. The second-order valence-electron chi connectivity index (χ2n) is 4.75. The molecule has 0 saturated heterocycles. The maximum Gasteiger partial charge on any atom is 0.358 e. The zero-order valence-electron chi connectivity index (χ0n) is 12.4. The predicted molar refractivity (Wildman–Crippen MR) is 87.8 cm³/mol. The molecule has 0 unspecified atom stereocenters. The van der Waals surface area contributed by atoms with Crippen molar-refractivity contribution in [2.75, 3.05) is 6.61 Å². The Morgan fingerprint density at radius 2 is 2.00 bits per heavy atom. The van der Waals surface area contributed by atoms with Crippen LogP contribution in [0.15, 0.2) is 54.7 Å². The second-order valence-corrected chi connectivity index (χ2v) is 5.14. The first kappa shape index (κ1) is 15.2. The summed E-state index contributed by atoms with van der Waals surface area (Å²) < 4.78 is 6.69. The minimum absolute atomic E-state index is 0.251. The van der Waals surface area contributed by atoms with Crippen molar-refractivity contribution in [3.63, 3.8) is 0 Å². The number of aromatic nitrogens is 3. The summed E-state index contributed by atoms with van der Waals surface area (Å²) in [5.74, 6) is -0.453. The normalized spacial score (nSPS) is 10.5. The van der Waals surface area contributed by atoms with Crippen molar-refractivity contribution in [1.82, 2.24) is 14.8 Å². The Bertz CT molecular complexity index is 814. The topological polar surface area (TPSA) is 57.0 Å². The highest BCUT2D eigenvalue weighted by molar-refractivity contribution is 6.29. The van der Waals surface area contributed by atoms with Gasteiger partial charge in [-0.25, -0.2) is 14.5 Å². The van der Waals surface area contributed by atoms with Crippen molar-refractivity contribution < 1.29 is 9.53 Å². The Kier molecular flexibility index (Phi) is 4.39. The Labute approximate surface area is 138 Å². The molecule has 1 aromatic carbocycles. The van der Waals surface area contributed by atoms with Gasteiger partial charge in [-0.1, -0.05) is 41.9 Å². The van der Waals surface area contributed by atoms with Crippen LogP contribution in [0.5, 0.6) is 0 Å². The van der Waals surface area contributed by atoms with Gasteiger partial charge in [-0.3, -0.25) is 0 Å². The van der Waals surface area contributed by atoms with Gasteiger partial charge in [-0.05, 0) is 25.1 Å². The molecule has 0 fully saturated rings. The fraction of sp³-hybridized carbons (Fsp3) is 0.118. The second kappa shape index (κ2) is 6.62. The van der Waals surface area contributed by atoms with E-state index in [-0.39, 0.29) is 5.69 Å². The number of benzene rings is 1. The van der Waals surface area contributed by atoms with Gasteiger partial charge in [0.15, 0.2) is 5.69 Å². The molecule has 0 saturated carbocycles. The molecule has 5 nitrogen and oxygen atoms in total. The van der Waals surface area contributed by atoms with Crippen LogP contribution >= 0.6 is 11.6 Å². The summed E-state index contributed by atoms with van der Waals surface area (Å²) in [6.45, 7) is 2.06. The minimum Gasteiger partial charge on any atom is -0.461 e. The van der Waals surface area contributed by atoms with Gasteiger partial charge in [0, 0.05) is 5.56 Å². The van der Waals surface area contributed by atoms with E-state index in [0.717, 1.165) is 11.3 Å². The first-order valence-electron chi connectivity index (χ1n) is 7.13. The lowest BCUT2D eigenvalue weighted by Crippen LogP contribution is -2.07. The molecule has 0 N–H and O–H groups in total.